The molecular weight excluding hydrogens is 262 g/mol. The molecular formula is C18H15NO2. The van der Waals surface area contributed by atoms with E-state index in [0.29, 0.717) is 5.56 Å². The van der Waals surface area contributed by atoms with E-state index in [2.05, 4.69) is 42.3 Å². The largest absolute Gasteiger partial charge is 0.478 e. The third-order valence-corrected chi connectivity index (χ3v) is 4.53. The van der Waals surface area contributed by atoms with Crippen LogP contribution in [0.3, 0.4) is 0 Å². The molecule has 0 spiro atoms. The van der Waals surface area contributed by atoms with E-state index in [9.17, 15) is 4.79 Å². The van der Waals surface area contributed by atoms with Gasteiger partial charge < -0.3 is 5.11 Å². The molecule has 2 unspecified atom stereocenters. The zero-order chi connectivity index (χ0) is 14.6. The van der Waals surface area contributed by atoms with Crippen LogP contribution in [0.2, 0.25) is 0 Å². The summed E-state index contributed by atoms with van der Waals surface area (Å²) in [4.78, 5) is 13.4. The van der Waals surface area contributed by atoms with E-state index in [4.69, 9.17) is 5.11 Å². The summed E-state index contributed by atoms with van der Waals surface area (Å²) in [7, 11) is 2.10. The van der Waals surface area contributed by atoms with Gasteiger partial charge in [-0.3, -0.25) is 4.90 Å². The van der Waals surface area contributed by atoms with Gasteiger partial charge in [-0.2, -0.15) is 0 Å². The van der Waals surface area contributed by atoms with Crippen LogP contribution in [0.4, 0.5) is 0 Å². The third-order valence-electron chi connectivity index (χ3n) is 4.53. The highest BCUT2D eigenvalue weighted by molar-refractivity contribution is 5.89. The summed E-state index contributed by atoms with van der Waals surface area (Å²) in [6.07, 6.45) is 2.26. The van der Waals surface area contributed by atoms with E-state index >= 15 is 0 Å². The smallest absolute Gasteiger partial charge is 0.335 e. The minimum absolute atomic E-state index is 0.180. The lowest BCUT2D eigenvalue weighted by Gasteiger charge is -2.19. The molecule has 2 aromatic rings. The molecule has 2 heterocycles. The molecule has 0 fully saturated rings. The molecule has 0 saturated carbocycles. The van der Waals surface area contributed by atoms with Gasteiger partial charge in [0.15, 0.2) is 0 Å². The Balaban J connectivity index is 1.82. The first-order valence-electron chi connectivity index (χ1n) is 7.03. The molecule has 0 aliphatic carbocycles. The van der Waals surface area contributed by atoms with Crippen molar-refractivity contribution in [3.8, 4) is 0 Å². The number of rotatable bonds is 2. The highest BCUT2D eigenvalue weighted by atomic mass is 16.4. The fourth-order valence-corrected chi connectivity index (χ4v) is 3.55. The Bertz CT molecular complexity index is 764. The first-order valence-corrected chi connectivity index (χ1v) is 7.03. The molecule has 2 bridgehead atoms. The van der Waals surface area contributed by atoms with Crippen molar-refractivity contribution < 1.29 is 9.90 Å². The van der Waals surface area contributed by atoms with Crippen LogP contribution >= 0.6 is 0 Å². The van der Waals surface area contributed by atoms with Gasteiger partial charge in [0.25, 0.3) is 0 Å². The van der Waals surface area contributed by atoms with E-state index < -0.39 is 5.97 Å². The summed E-state index contributed by atoms with van der Waals surface area (Å²) >= 11 is 0. The summed E-state index contributed by atoms with van der Waals surface area (Å²) in [6.45, 7) is 0. The summed E-state index contributed by atoms with van der Waals surface area (Å²) in [5, 5.41) is 9.15. The normalized spacial score (nSPS) is 23.0. The Labute approximate surface area is 123 Å². The van der Waals surface area contributed by atoms with Gasteiger partial charge in [-0.25, -0.2) is 4.79 Å². The Morgan fingerprint density at radius 3 is 2.57 bits per heavy atom. The van der Waals surface area contributed by atoms with Crippen molar-refractivity contribution in [3.63, 3.8) is 0 Å². The summed E-state index contributed by atoms with van der Waals surface area (Å²) in [5.41, 5.74) is 5.28. The van der Waals surface area contributed by atoms with Crippen LogP contribution in [-0.4, -0.2) is 23.0 Å². The van der Waals surface area contributed by atoms with Gasteiger partial charge in [0.2, 0.25) is 0 Å². The second-order valence-electron chi connectivity index (χ2n) is 5.65. The minimum atomic E-state index is -0.865. The van der Waals surface area contributed by atoms with E-state index in [0.717, 1.165) is 5.56 Å². The van der Waals surface area contributed by atoms with E-state index in [1.165, 1.54) is 16.7 Å². The van der Waals surface area contributed by atoms with Gasteiger partial charge >= 0.3 is 5.97 Å². The van der Waals surface area contributed by atoms with Crippen LogP contribution in [0.1, 0.15) is 39.1 Å². The molecule has 3 nitrogen and oxygen atoms in total. The maximum atomic E-state index is 11.1. The van der Waals surface area contributed by atoms with Crippen LogP contribution in [-0.2, 0) is 0 Å². The Kier molecular flexibility index (Phi) is 2.53. The van der Waals surface area contributed by atoms with Gasteiger partial charge in [-0.05, 0) is 41.4 Å². The summed E-state index contributed by atoms with van der Waals surface area (Å²) < 4.78 is 0. The SMILES string of the molecule is CN1C2C=C(c3ccccc3)C1c1ccc(C(=O)O)cc12. The first kappa shape index (κ1) is 12.4. The molecule has 0 saturated heterocycles. The number of nitrogens with zero attached hydrogens (tertiary/aromatic N) is 1. The molecule has 3 heteroatoms. The van der Waals surface area contributed by atoms with E-state index in [-0.39, 0.29) is 12.1 Å². The minimum Gasteiger partial charge on any atom is -0.478 e. The average molecular weight is 277 g/mol. The highest BCUT2D eigenvalue weighted by Crippen LogP contribution is 2.54. The molecule has 2 aromatic carbocycles. The summed E-state index contributed by atoms with van der Waals surface area (Å²) in [6, 6.07) is 16.3. The molecule has 2 aliphatic rings. The fourth-order valence-electron chi connectivity index (χ4n) is 3.55. The quantitative estimate of drug-likeness (QED) is 0.913. The van der Waals surface area contributed by atoms with Crippen LogP contribution < -0.4 is 0 Å². The predicted molar refractivity (Wildman–Crippen MR) is 81.1 cm³/mol. The molecule has 104 valence electrons. The maximum Gasteiger partial charge on any atom is 0.335 e. The van der Waals surface area contributed by atoms with Gasteiger partial charge in [0.05, 0.1) is 17.6 Å². The van der Waals surface area contributed by atoms with Crippen molar-refractivity contribution in [2.75, 3.05) is 7.05 Å². The number of carboxylic acid groups (broad SMARTS) is 1. The number of aromatic carboxylic acids is 1. The number of likely N-dealkylation sites (N-methyl/N-ethyl adjacent to an activating group) is 1. The lowest BCUT2D eigenvalue weighted by atomic mass is 9.87. The monoisotopic (exact) mass is 277 g/mol. The second kappa shape index (κ2) is 4.30. The average Bonchev–Trinajstić information content (AvgIpc) is 2.98. The Morgan fingerprint density at radius 2 is 1.86 bits per heavy atom. The second-order valence-corrected chi connectivity index (χ2v) is 5.65. The van der Waals surface area contributed by atoms with Crippen LogP contribution in [0, 0.1) is 0 Å². The van der Waals surface area contributed by atoms with E-state index in [1.807, 2.05) is 18.2 Å². The van der Waals surface area contributed by atoms with Crippen molar-refractivity contribution >= 4 is 11.5 Å². The van der Waals surface area contributed by atoms with E-state index in [1.54, 1.807) is 6.07 Å². The molecule has 0 amide bonds. The Morgan fingerprint density at radius 1 is 1.10 bits per heavy atom. The fraction of sp³-hybridized carbons (Fsp3) is 0.167. The standard InChI is InChI=1S/C18H15NO2/c1-19-16-10-14(11-5-3-2-4-6-11)17(19)13-8-7-12(18(20)21)9-15(13)16/h2-10,16-17H,1H3,(H,20,21). The molecule has 4 rings (SSSR count). The maximum absolute atomic E-state index is 11.1. The molecule has 2 aliphatic heterocycles. The van der Waals surface area contributed by atoms with Gasteiger partial charge in [0, 0.05) is 0 Å². The van der Waals surface area contributed by atoms with Crippen LogP contribution in [0.15, 0.2) is 54.6 Å². The molecule has 0 radical (unpaired) electrons. The third kappa shape index (κ3) is 1.68. The topological polar surface area (TPSA) is 40.5 Å². The van der Waals surface area contributed by atoms with Gasteiger partial charge in [-0.1, -0.05) is 42.5 Å². The molecule has 0 aromatic heterocycles. The lowest BCUT2D eigenvalue weighted by Crippen LogP contribution is -2.14. The molecule has 1 N–H and O–H groups in total. The van der Waals surface area contributed by atoms with Crippen molar-refractivity contribution in [1.29, 1.82) is 0 Å². The molecule has 2 atom stereocenters. The van der Waals surface area contributed by atoms with Crippen molar-refractivity contribution in [3.05, 3.63) is 76.9 Å². The zero-order valence-electron chi connectivity index (χ0n) is 11.7. The van der Waals surface area contributed by atoms with Crippen LogP contribution in [0.5, 0.6) is 0 Å². The van der Waals surface area contributed by atoms with Gasteiger partial charge in [0.1, 0.15) is 0 Å². The number of carboxylic acids is 1. The number of fused-ring (bicyclic) bond motifs is 5. The number of benzene rings is 2. The first-order chi connectivity index (χ1) is 10.2. The lowest BCUT2D eigenvalue weighted by molar-refractivity contribution is 0.0696. The van der Waals surface area contributed by atoms with Crippen LogP contribution in [0.25, 0.3) is 5.57 Å². The number of carbonyl (C=O) groups is 1. The highest BCUT2D eigenvalue weighted by Gasteiger charge is 2.42. The van der Waals surface area contributed by atoms with Crippen molar-refractivity contribution in [2.24, 2.45) is 0 Å². The Hall–Kier alpha value is -2.39. The number of hydrogen-bond acceptors (Lipinski definition) is 2. The van der Waals surface area contributed by atoms with Gasteiger partial charge in [-0.15, -0.1) is 0 Å². The zero-order valence-corrected chi connectivity index (χ0v) is 11.7. The number of hydrogen-bond donors (Lipinski definition) is 1. The predicted octanol–water partition coefficient (Wildman–Crippen LogP) is 3.51. The van der Waals surface area contributed by atoms with Crippen molar-refractivity contribution in [1.82, 2.24) is 4.90 Å². The molecule has 21 heavy (non-hydrogen) atoms. The van der Waals surface area contributed by atoms with Crippen molar-refractivity contribution in [2.45, 2.75) is 12.1 Å². The summed E-state index contributed by atoms with van der Waals surface area (Å²) in [5.74, 6) is -0.865.